The summed E-state index contributed by atoms with van der Waals surface area (Å²) >= 11 is 0. The van der Waals surface area contributed by atoms with Gasteiger partial charge in [0.25, 0.3) is 0 Å². The van der Waals surface area contributed by atoms with Gasteiger partial charge in [-0.1, -0.05) is 36.4 Å². The lowest BCUT2D eigenvalue weighted by atomic mass is 10.0. The van der Waals surface area contributed by atoms with Crippen LogP contribution in [0.5, 0.6) is 0 Å². The van der Waals surface area contributed by atoms with Gasteiger partial charge in [0.1, 0.15) is 0 Å². The van der Waals surface area contributed by atoms with Crippen molar-refractivity contribution in [3.8, 4) is 0 Å². The summed E-state index contributed by atoms with van der Waals surface area (Å²) in [5, 5.41) is 11.7. The molecule has 0 aliphatic carbocycles. The quantitative estimate of drug-likeness (QED) is 0.882. The van der Waals surface area contributed by atoms with Gasteiger partial charge in [0.15, 0.2) is 0 Å². The maximum atomic E-state index is 12.3. The highest BCUT2D eigenvalue weighted by molar-refractivity contribution is 5.87. The Bertz CT molecular complexity index is 726. The normalized spacial score (nSPS) is 11.6. The lowest BCUT2D eigenvalue weighted by Crippen LogP contribution is -2.38. The lowest BCUT2D eigenvalue weighted by Gasteiger charge is -2.26. The Labute approximate surface area is 141 Å². The molecule has 0 spiro atoms. The minimum atomic E-state index is -0.961. The van der Waals surface area contributed by atoms with Crippen molar-refractivity contribution >= 4 is 12.0 Å². The maximum Gasteiger partial charge on any atom is 0.335 e. The average molecular weight is 326 g/mol. The third kappa shape index (κ3) is 4.13. The van der Waals surface area contributed by atoms with E-state index in [0.29, 0.717) is 6.54 Å². The molecule has 0 bridgehead atoms. The van der Waals surface area contributed by atoms with Crippen molar-refractivity contribution in [2.24, 2.45) is 0 Å². The number of benzene rings is 2. The summed E-state index contributed by atoms with van der Waals surface area (Å²) in [6, 6.07) is 14.3. The first kappa shape index (κ1) is 17.5. The Morgan fingerprint density at radius 3 is 2.33 bits per heavy atom. The lowest BCUT2D eigenvalue weighted by molar-refractivity contribution is 0.0697. The van der Waals surface area contributed by atoms with Gasteiger partial charge in [-0.2, -0.15) is 0 Å². The molecule has 5 heteroatoms. The standard InChI is InChI=1S/C19H22N2O3/c1-13-6-4-5-7-17(13)14(2)21(3)19(24)20-12-15-8-10-16(11-9-15)18(22)23/h4-11,14H,12H2,1-3H3,(H,20,24)(H,22,23). The number of carbonyl (C=O) groups is 2. The Morgan fingerprint density at radius 1 is 1.12 bits per heavy atom. The third-order valence-electron chi connectivity index (χ3n) is 4.18. The average Bonchev–Trinajstić information content (AvgIpc) is 2.59. The molecule has 0 radical (unpaired) electrons. The Balaban J connectivity index is 1.96. The second-order valence-corrected chi connectivity index (χ2v) is 5.80. The zero-order valence-electron chi connectivity index (χ0n) is 14.1. The highest BCUT2D eigenvalue weighted by atomic mass is 16.4. The van der Waals surface area contributed by atoms with Gasteiger partial charge in [0.2, 0.25) is 0 Å². The molecule has 2 aromatic carbocycles. The molecule has 2 N–H and O–H groups in total. The number of carbonyl (C=O) groups excluding carboxylic acids is 1. The van der Waals surface area contributed by atoms with Gasteiger partial charge in [-0.3, -0.25) is 0 Å². The van der Waals surface area contributed by atoms with E-state index < -0.39 is 5.97 Å². The van der Waals surface area contributed by atoms with Gasteiger partial charge in [-0.05, 0) is 42.7 Å². The molecule has 126 valence electrons. The van der Waals surface area contributed by atoms with E-state index >= 15 is 0 Å². The molecular weight excluding hydrogens is 304 g/mol. The van der Waals surface area contributed by atoms with Crippen LogP contribution in [0.25, 0.3) is 0 Å². The van der Waals surface area contributed by atoms with E-state index in [9.17, 15) is 9.59 Å². The molecule has 5 nitrogen and oxygen atoms in total. The first-order chi connectivity index (χ1) is 11.4. The smallest absolute Gasteiger partial charge is 0.335 e. The Morgan fingerprint density at radius 2 is 1.75 bits per heavy atom. The molecule has 0 fully saturated rings. The van der Waals surface area contributed by atoms with Gasteiger partial charge in [0.05, 0.1) is 11.6 Å². The van der Waals surface area contributed by atoms with Crippen LogP contribution in [0.3, 0.4) is 0 Å². The predicted molar refractivity (Wildman–Crippen MR) is 93.0 cm³/mol. The number of carboxylic acids is 1. The molecule has 1 unspecified atom stereocenters. The molecule has 2 aromatic rings. The molecule has 2 rings (SSSR count). The highest BCUT2D eigenvalue weighted by Gasteiger charge is 2.18. The van der Waals surface area contributed by atoms with Crippen LogP contribution in [0, 0.1) is 6.92 Å². The number of amides is 2. The summed E-state index contributed by atoms with van der Waals surface area (Å²) < 4.78 is 0. The van der Waals surface area contributed by atoms with E-state index in [0.717, 1.165) is 16.7 Å². The van der Waals surface area contributed by atoms with Crippen molar-refractivity contribution in [3.05, 3.63) is 70.8 Å². The van der Waals surface area contributed by atoms with Crippen molar-refractivity contribution < 1.29 is 14.7 Å². The Kier molecular flexibility index (Phi) is 5.58. The van der Waals surface area contributed by atoms with Gasteiger partial charge in [0, 0.05) is 13.6 Å². The van der Waals surface area contributed by atoms with Crippen molar-refractivity contribution in [1.29, 1.82) is 0 Å². The second kappa shape index (κ2) is 7.64. The zero-order valence-corrected chi connectivity index (χ0v) is 14.1. The second-order valence-electron chi connectivity index (χ2n) is 5.80. The monoisotopic (exact) mass is 326 g/mol. The number of aromatic carboxylic acids is 1. The van der Waals surface area contributed by atoms with E-state index in [2.05, 4.69) is 5.32 Å². The van der Waals surface area contributed by atoms with Crippen LogP contribution in [0.1, 0.15) is 40.0 Å². The Hall–Kier alpha value is -2.82. The van der Waals surface area contributed by atoms with Gasteiger partial charge in [-0.15, -0.1) is 0 Å². The maximum absolute atomic E-state index is 12.3. The number of nitrogens with one attached hydrogen (secondary N) is 1. The molecule has 1 atom stereocenters. The first-order valence-corrected chi connectivity index (χ1v) is 7.78. The number of aryl methyl sites for hydroxylation is 1. The third-order valence-corrected chi connectivity index (χ3v) is 4.18. The molecule has 0 aliphatic heterocycles. The number of hydrogen-bond donors (Lipinski definition) is 2. The van der Waals surface area contributed by atoms with Crippen LogP contribution in [0.15, 0.2) is 48.5 Å². The number of urea groups is 1. The first-order valence-electron chi connectivity index (χ1n) is 7.78. The predicted octanol–water partition coefficient (Wildman–Crippen LogP) is 3.60. The van der Waals surface area contributed by atoms with Crippen LogP contribution < -0.4 is 5.32 Å². The fourth-order valence-electron chi connectivity index (χ4n) is 2.51. The van der Waals surface area contributed by atoms with E-state index in [1.54, 1.807) is 24.1 Å². The molecule has 0 aromatic heterocycles. The number of carboxylic acid groups (broad SMARTS) is 1. The van der Waals surface area contributed by atoms with E-state index in [4.69, 9.17) is 5.11 Å². The summed E-state index contributed by atoms with van der Waals surface area (Å²) in [4.78, 5) is 24.8. The summed E-state index contributed by atoms with van der Waals surface area (Å²) in [5.41, 5.74) is 3.34. The molecule has 0 heterocycles. The van der Waals surface area contributed by atoms with E-state index in [1.165, 1.54) is 12.1 Å². The van der Waals surface area contributed by atoms with E-state index in [1.807, 2.05) is 38.1 Å². The van der Waals surface area contributed by atoms with Crippen LogP contribution in [-0.2, 0) is 6.54 Å². The van der Waals surface area contributed by atoms with Gasteiger partial charge >= 0.3 is 12.0 Å². The van der Waals surface area contributed by atoms with Crippen molar-refractivity contribution in [2.45, 2.75) is 26.4 Å². The largest absolute Gasteiger partial charge is 0.478 e. The van der Waals surface area contributed by atoms with E-state index in [-0.39, 0.29) is 17.6 Å². The highest BCUT2D eigenvalue weighted by Crippen LogP contribution is 2.22. The molecule has 0 saturated carbocycles. The fourth-order valence-corrected chi connectivity index (χ4v) is 2.51. The summed E-state index contributed by atoms with van der Waals surface area (Å²) in [6.07, 6.45) is 0. The van der Waals surface area contributed by atoms with Crippen LogP contribution in [0.4, 0.5) is 4.79 Å². The molecule has 0 saturated heterocycles. The zero-order chi connectivity index (χ0) is 17.7. The van der Waals surface area contributed by atoms with Crippen molar-refractivity contribution in [1.82, 2.24) is 10.2 Å². The fraction of sp³-hybridized carbons (Fsp3) is 0.263. The molecule has 0 aliphatic rings. The summed E-state index contributed by atoms with van der Waals surface area (Å²) in [7, 11) is 1.76. The van der Waals surface area contributed by atoms with Crippen LogP contribution in [0.2, 0.25) is 0 Å². The van der Waals surface area contributed by atoms with Gasteiger partial charge < -0.3 is 15.3 Å². The topological polar surface area (TPSA) is 69.6 Å². The molecule has 24 heavy (non-hydrogen) atoms. The van der Waals surface area contributed by atoms with Crippen molar-refractivity contribution in [2.75, 3.05) is 7.05 Å². The molecular formula is C19H22N2O3. The minimum Gasteiger partial charge on any atom is -0.478 e. The van der Waals surface area contributed by atoms with Crippen molar-refractivity contribution in [3.63, 3.8) is 0 Å². The van der Waals surface area contributed by atoms with Gasteiger partial charge in [-0.25, -0.2) is 9.59 Å². The van der Waals surface area contributed by atoms with Crippen LogP contribution >= 0.6 is 0 Å². The summed E-state index contributed by atoms with van der Waals surface area (Å²) in [5.74, 6) is -0.961. The number of nitrogens with zero attached hydrogens (tertiary/aromatic N) is 1. The number of rotatable bonds is 5. The minimum absolute atomic E-state index is 0.0411. The number of hydrogen-bond acceptors (Lipinski definition) is 2. The van der Waals surface area contributed by atoms with Crippen LogP contribution in [-0.4, -0.2) is 29.1 Å². The summed E-state index contributed by atoms with van der Waals surface area (Å²) in [6.45, 7) is 4.37. The SMILES string of the molecule is Cc1ccccc1C(C)N(C)C(=O)NCc1ccc(C(=O)O)cc1. The molecule has 2 amide bonds.